The molecule has 0 aliphatic carbocycles. The summed E-state index contributed by atoms with van der Waals surface area (Å²) in [6.07, 6.45) is 0. The SMILES string of the molecule is Cc1nnnn1-c1c(Br)cc(Br)cc1C(=O)O. The molecule has 0 atom stereocenters. The number of hydrogen-bond acceptors (Lipinski definition) is 4. The van der Waals surface area contributed by atoms with Crippen molar-refractivity contribution in [2.75, 3.05) is 0 Å². The van der Waals surface area contributed by atoms with Crippen LogP contribution in [-0.2, 0) is 0 Å². The van der Waals surface area contributed by atoms with Crippen LogP contribution in [0, 0.1) is 6.92 Å². The van der Waals surface area contributed by atoms with E-state index >= 15 is 0 Å². The van der Waals surface area contributed by atoms with E-state index in [-0.39, 0.29) is 5.56 Å². The van der Waals surface area contributed by atoms with Crippen molar-refractivity contribution in [3.63, 3.8) is 0 Å². The Bertz CT molecular complexity index is 597. The van der Waals surface area contributed by atoms with Gasteiger partial charge < -0.3 is 5.11 Å². The number of aromatic nitrogens is 4. The molecule has 2 aromatic rings. The fourth-order valence-electron chi connectivity index (χ4n) is 1.38. The zero-order valence-corrected chi connectivity index (χ0v) is 11.7. The molecule has 6 nitrogen and oxygen atoms in total. The molecule has 1 aromatic heterocycles. The highest BCUT2D eigenvalue weighted by molar-refractivity contribution is 9.11. The lowest BCUT2D eigenvalue weighted by molar-refractivity contribution is 0.0696. The third-order valence-corrected chi connectivity index (χ3v) is 3.16. The first kappa shape index (κ1) is 12.2. The summed E-state index contributed by atoms with van der Waals surface area (Å²) in [5.41, 5.74) is 0.518. The van der Waals surface area contributed by atoms with Gasteiger partial charge in [-0.25, -0.2) is 4.79 Å². The Labute approximate surface area is 113 Å². The Morgan fingerprint density at radius 3 is 2.65 bits per heavy atom. The van der Waals surface area contributed by atoms with Crippen molar-refractivity contribution in [3.05, 3.63) is 32.5 Å². The second-order valence-corrected chi connectivity index (χ2v) is 5.00. The molecule has 0 aliphatic heterocycles. The maximum absolute atomic E-state index is 11.2. The highest BCUT2D eigenvalue weighted by Gasteiger charge is 2.18. The van der Waals surface area contributed by atoms with Crippen LogP contribution in [0.3, 0.4) is 0 Å². The number of aryl methyl sites for hydroxylation is 1. The van der Waals surface area contributed by atoms with Crippen molar-refractivity contribution in [3.8, 4) is 5.69 Å². The minimum Gasteiger partial charge on any atom is -0.478 e. The fraction of sp³-hybridized carbons (Fsp3) is 0.111. The fourth-order valence-corrected chi connectivity index (χ4v) is 2.78. The summed E-state index contributed by atoms with van der Waals surface area (Å²) in [6.45, 7) is 1.69. The molecule has 0 saturated heterocycles. The molecule has 0 fully saturated rings. The standard InChI is InChI=1S/C9H6Br2N4O2/c1-4-12-13-14-15(4)8-6(9(16)17)2-5(10)3-7(8)11/h2-3H,1H3,(H,16,17). The number of hydrogen-bond donors (Lipinski definition) is 1. The van der Waals surface area contributed by atoms with Gasteiger partial charge in [-0.15, -0.1) is 5.10 Å². The van der Waals surface area contributed by atoms with Crippen molar-refractivity contribution in [1.82, 2.24) is 20.2 Å². The Hall–Kier alpha value is -1.28. The molecule has 8 heteroatoms. The van der Waals surface area contributed by atoms with Crippen molar-refractivity contribution in [1.29, 1.82) is 0 Å². The molecular weight excluding hydrogens is 356 g/mol. The van der Waals surface area contributed by atoms with Gasteiger partial charge in [-0.3, -0.25) is 0 Å². The maximum atomic E-state index is 11.2. The molecule has 17 heavy (non-hydrogen) atoms. The maximum Gasteiger partial charge on any atom is 0.337 e. The van der Waals surface area contributed by atoms with Crippen LogP contribution < -0.4 is 0 Å². The normalized spacial score (nSPS) is 10.5. The summed E-state index contributed by atoms with van der Waals surface area (Å²) in [7, 11) is 0. The number of aromatic carboxylic acids is 1. The Kier molecular flexibility index (Phi) is 3.25. The van der Waals surface area contributed by atoms with E-state index in [0.29, 0.717) is 20.5 Å². The molecule has 0 bridgehead atoms. The lowest BCUT2D eigenvalue weighted by Crippen LogP contribution is -2.09. The second-order valence-electron chi connectivity index (χ2n) is 3.23. The minimum absolute atomic E-state index is 0.113. The lowest BCUT2D eigenvalue weighted by Gasteiger charge is -2.09. The molecule has 1 N–H and O–H groups in total. The Morgan fingerprint density at radius 1 is 1.41 bits per heavy atom. The Balaban J connectivity index is 2.76. The summed E-state index contributed by atoms with van der Waals surface area (Å²) in [6, 6.07) is 3.24. The van der Waals surface area contributed by atoms with E-state index in [1.165, 1.54) is 10.7 Å². The Morgan fingerprint density at radius 2 is 2.12 bits per heavy atom. The van der Waals surface area contributed by atoms with Gasteiger partial charge in [-0.05, 0) is 45.4 Å². The van der Waals surface area contributed by atoms with E-state index in [1.807, 2.05) is 0 Å². The van der Waals surface area contributed by atoms with Crippen LogP contribution >= 0.6 is 31.9 Å². The monoisotopic (exact) mass is 360 g/mol. The van der Waals surface area contributed by atoms with Gasteiger partial charge in [0, 0.05) is 8.95 Å². The van der Waals surface area contributed by atoms with Crippen LogP contribution in [0.5, 0.6) is 0 Å². The molecular formula is C9H6Br2N4O2. The quantitative estimate of drug-likeness (QED) is 0.886. The number of nitrogens with zero attached hydrogens (tertiary/aromatic N) is 4. The average Bonchev–Trinajstić information content (AvgIpc) is 2.63. The molecule has 0 radical (unpaired) electrons. The van der Waals surface area contributed by atoms with E-state index in [0.717, 1.165) is 0 Å². The van der Waals surface area contributed by atoms with Crippen LogP contribution in [0.25, 0.3) is 5.69 Å². The van der Waals surface area contributed by atoms with E-state index in [1.54, 1.807) is 13.0 Å². The number of carbonyl (C=O) groups is 1. The predicted octanol–water partition coefficient (Wildman–Crippen LogP) is 2.19. The van der Waals surface area contributed by atoms with Crippen LogP contribution in [0.4, 0.5) is 0 Å². The average molecular weight is 362 g/mol. The molecule has 2 rings (SSSR count). The van der Waals surface area contributed by atoms with Gasteiger partial charge >= 0.3 is 5.97 Å². The summed E-state index contributed by atoms with van der Waals surface area (Å²) >= 11 is 6.56. The molecule has 0 unspecified atom stereocenters. The van der Waals surface area contributed by atoms with Gasteiger partial charge in [-0.1, -0.05) is 15.9 Å². The zero-order chi connectivity index (χ0) is 12.6. The highest BCUT2D eigenvalue weighted by atomic mass is 79.9. The first-order valence-corrected chi connectivity index (χ1v) is 6.07. The van der Waals surface area contributed by atoms with Gasteiger partial charge in [-0.2, -0.15) is 4.68 Å². The summed E-state index contributed by atoms with van der Waals surface area (Å²) < 4.78 is 2.64. The summed E-state index contributed by atoms with van der Waals surface area (Å²) in [4.78, 5) is 11.2. The van der Waals surface area contributed by atoms with E-state index in [2.05, 4.69) is 47.4 Å². The van der Waals surface area contributed by atoms with Crippen molar-refractivity contribution >= 4 is 37.8 Å². The zero-order valence-electron chi connectivity index (χ0n) is 8.55. The van der Waals surface area contributed by atoms with Crippen LogP contribution in [-0.4, -0.2) is 31.3 Å². The van der Waals surface area contributed by atoms with Crippen LogP contribution in [0.1, 0.15) is 16.2 Å². The summed E-state index contributed by atoms with van der Waals surface area (Å²) in [5, 5.41) is 20.2. The largest absolute Gasteiger partial charge is 0.478 e. The van der Waals surface area contributed by atoms with Crippen molar-refractivity contribution in [2.45, 2.75) is 6.92 Å². The van der Waals surface area contributed by atoms with E-state index in [4.69, 9.17) is 0 Å². The van der Waals surface area contributed by atoms with Gasteiger partial charge in [0.15, 0.2) is 5.82 Å². The van der Waals surface area contributed by atoms with Gasteiger partial charge in [0.25, 0.3) is 0 Å². The van der Waals surface area contributed by atoms with Crippen LogP contribution in [0.2, 0.25) is 0 Å². The summed E-state index contributed by atoms with van der Waals surface area (Å²) in [5.74, 6) is -0.535. The van der Waals surface area contributed by atoms with Crippen LogP contribution in [0.15, 0.2) is 21.1 Å². The number of carboxylic acids is 1. The number of carboxylic acid groups (broad SMARTS) is 1. The molecule has 1 aromatic carbocycles. The number of tetrazole rings is 1. The number of rotatable bonds is 2. The minimum atomic E-state index is -1.04. The molecule has 0 aliphatic rings. The van der Waals surface area contributed by atoms with Gasteiger partial charge in [0.05, 0.1) is 11.3 Å². The third kappa shape index (κ3) is 2.22. The predicted molar refractivity (Wildman–Crippen MR) is 66.3 cm³/mol. The molecule has 1 heterocycles. The van der Waals surface area contributed by atoms with Gasteiger partial charge in [0.1, 0.15) is 0 Å². The molecule has 88 valence electrons. The molecule has 0 amide bonds. The third-order valence-electron chi connectivity index (χ3n) is 2.10. The first-order valence-electron chi connectivity index (χ1n) is 4.48. The van der Waals surface area contributed by atoms with E-state index in [9.17, 15) is 9.90 Å². The topological polar surface area (TPSA) is 80.9 Å². The second kappa shape index (κ2) is 4.53. The number of benzene rings is 1. The lowest BCUT2D eigenvalue weighted by atomic mass is 10.2. The molecule has 0 spiro atoms. The highest BCUT2D eigenvalue weighted by Crippen LogP contribution is 2.29. The molecule has 0 saturated carbocycles. The van der Waals surface area contributed by atoms with Gasteiger partial charge in [0.2, 0.25) is 0 Å². The number of halogens is 2. The van der Waals surface area contributed by atoms with E-state index < -0.39 is 5.97 Å². The van der Waals surface area contributed by atoms with Crippen molar-refractivity contribution < 1.29 is 9.90 Å². The van der Waals surface area contributed by atoms with Crippen molar-refractivity contribution in [2.24, 2.45) is 0 Å². The smallest absolute Gasteiger partial charge is 0.337 e. The first-order chi connectivity index (χ1) is 8.00.